The molecule has 0 spiro atoms. The Kier molecular flexibility index (Phi) is 6.05. The Bertz CT molecular complexity index is 269. The Morgan fingerprint density at radius 3 is 2.61 bits per heavy atom. The number of aliphatic hydroxyl groups excluding tert-OH is 1. The molecule has 1 aliphatic rings. The first-order valence-electron chi connectivity index (χ1n) is 6.84. The molecule has 0 aliphatic carbocycles. The van der Waals surface area contributed by atoms with Crippen molar-refractivity contribution in [3.63, 3.8) is 0 Å². The molecule has 3 atom stereocenters. The Morgan fingerprint density at radius 2 is 2.11 bits per heavy atom. The van der Waals surface area contributed by atoms with Gasteiger partial charge in [0.05, 0.1) is 6.10 Å². The molecule has 0 aromatic rings. The van der Waals surface area contributed by atoms with Gasteiger partial charge in [0.2, 0.25) is 5.91 Å². The zero-order valence-electron chi connectivity index (χ0n) is 11.7. The molecule has 1 aliphatic heterocycles. The number of nitrogens with one attached hydrogen (secondary N) is 1. The molecule has 0 aromatic heterocycles. The summed E-state index contributed by atoms with van der Waals surface area (Å²) in [7, 11) is 0. The van der Waals surface area contributed by atoms with E-state index in [1.54, 1.807) is 0 Å². The summed E-state index contributed by atoms with van der Waals surface area (Å²) >= 11 is 0. The SMILES string of the molecule is CC(C)C(=O)NC1CC(C(C)O)CN(CCN)C1. The van der Waals surface area contributed by atoms with Gasteiger partial charge in [-0.2, -0.15) is 0 Å². The highest BCUT2D eigenvalue weighted by Crippen LogP contribution is 2.20. The standard InChI is InChI=1S/C13H27N3O2/c1-9(2)13(18)15-12-6-11(10(3)17)7-16(8-12)5-4-14/h9-12,17H,4-8,14H2,1-3H3,(H,15,18). The van der Waals surface area contributed by atoms with Crippen LogP contribution in [0.25, 0.3) is 0 Å². The van der Waals surface area contributed by atoms with Gasteiger partial charge < -0.3 is 16.2 Å². The van der Waals surface area contributed by atoms with Crippen molar-refractivity contribution in [1.29, 1.82) is 0 Å². The molecule has 106 valence electrons. The highest BCUT2D eigenvalue weighted by Gasteiger charge is 2.30. The predicted molar refractivity (Wildman–Crippen MR) is 72.1 cm³/mol. The number of hydrogen-bond donors (Lipinski definition) is 3. The van der Waals surface area contributed by atoms with Crippen LogP contribution in [0.5, 0.6) is 0 Å². The first-order valence-corrected chi connectivity index (χ1v) is 6.84. The number of carbonyl (C=O) groups is 1. The number of aliphatic hydroxyl groups is 1. The van der Waals surface area contributed by atoms with E-state index in [9.17, 15) is 9.90 Å². The van der Waals surface area contributed by atoms with Gasteiger partial charge in [0.1, 0.15) is 0 Å². The summed E-state index contributed by atoms with van der Waals surface area (Å²) in [6.45, 7) is 8.72. The minimum absolute atomic E-state index is 0.000106. The van der Waals surface area contributed by atoms with Crippen LogP contribution in [0.3, 0.4) is 0 Å². The van der Waals surface area contributed by atoms with Crippen molar-refractivity contribution in [3.05, 3.63) is 0 Å². The monoisotopic (exact) mass is 257 g/mol. The van der Waals surface area contributed by atoms with Gasteiger partial charge >= 0.3 is 0 Å². The first kappa shape index (κ1) is 15.4. The van der Waals surface area contributed by atoms with Crippen LogP contribution >= 0.6 is 0 Å². The van der Waals surface area contributed by atoms with Crippen molar-refractivity contribution in [1.82, 2.24) is 10.2 Å². The third-order valence-electron chi connectivity index (χ3n) is 3.56. The highest BCUT2D eigenvalue weighted by atomic mass is 16.3. The minimum atomic E-state index is -0.343. The molecule has 0 saturated carbocycles. The molecule has 0 aromatic carbocycles. The molecule has 5 nitrogen and oxygen atoms in total. The van der Waals surface area contributed by atoms with Crippen LogP contribution < -0.4 is 11.1 Å². The summed E-state index contributed by atoms with van der Waals surface area (Å²) < 4.78 is 0. The third kappa shape index (κ3) is 4.55. The van der Waals surface area contributed by atoms with Crippen molar-refractivity contribution in [2.24, 2.45) is 17.6 Å². The molecular formula is C13H27N3O2. The zero-order valence-corrected chi connectivity index (χ0v) is 11.7. The molecule has 0 radical (unpaired) electrons. The number of amides is 1. The molecule has 0 bridgehead atoms. The molecule has 3 unspecified atom stereocenters. The molecule has 1 amide bonds. The van der Waals surface area contributed by atoms with E-state index in [2.05, 4.69) is 10.2 Å². The van der Waals surface area contributed by atoms with Crippen LogP contribution in [0.2, 0.25) is 0 Å². The largest absolute Gasteiger partial charge is 0.393 e. The zero-order chi connectivity index (χ0) is 13.7. The average Bonchev–Trinajstić information content (AvgIpc) is 2.28. The summed E-state index contributed by atoms with van der Waals surface area (Å²) in [5.74, 6) is 0.293. The molecule has 1 fully saturated rings. The van der Waals surface area contributed by atoms with E-state index < -0.39 is 0 Å². The maximum atomic E-state index is 11.7. The van der Waals surface area contributed by atoms with Gasteiger partial charge in [-0.25, -0.2) is 0 Å². The number of piperidine rings is 1. The van der Waals surface area contributed by atoms with E-state index in [1.165, 1.54) is 0 Å². The van der Waals surface area contributed by atoms with Crippen molar-refractivity contribution in [3.8, 4) is 0 Å². The normalized spacial score (nSPS) is 27.2. The molecule has 18 heavy (non-hydrogen) atoms. The molecule has 1 heterocycles. The van der Waals surface area contributed by atoms with E-state index in [0.717, 1.165) is 26.1 Å². The van der Waals surface area contributed by atoms with Gasteiger partial charge in [-0.3, -0.25) is 9.69 Å². The number of likely N-dealkylation sites (tertiary alicyclic amines) is 1. The summed E-state index contributed by atoms with van der Waals surface area (Å²) in [4.78, 5) is 14.0. The van der Waals surface area contributed by atoms with Gasteiger partial charge in [-0.15, -0.1) is 0 Å². The lowest BCUT2D eigenvalue weighted by Crippen LogP contribution is -2.54. The highest BCUT2D eigenvalue weighted by molar-refractivity contribution is 5.78. The lowest BCUT2D eigenvalue weighted by atomic mass is 9.90. The predicted octanol–water partition coefficient (Wildman–Crippen LogP) is -0.211. The van der Waals surface area contributed by atoms with Crippen molar-refractivity contribution in [2.75, 3.05) is 26.2 Å². The fourth-order valence-corrected chi connectivity index (χ4v) is 2.42. The van der Waals surface area contributed by atoms with E-state index in [1.807, 2.05) is 20.8 Å². The lowest BCUT2D eigenvalue weighted by molar-refractivity contribution is -0.125. The van der Waals surface area contributed by atoms with Crippen molar-refractivity contribution >= 4 is 5.91 Å². The fraction of sp³-hybridized carbons (Fsp3) is 0.923. The molecule has 1 saturated heterocycles. The smallest absolute Gasteiger partial charge is 0.222 e. The summed E-state index contributed by atoms with van der Waals surface area (Å²) in [5, 5.41) is 12.8. The number of rotatable bonds is 5. The maximum Gasteiger partial charge on any atom is 0.222 e. The third-order valence-corrected chi connectivity index (χ3v) is 3.56. The van der Waals surface area contributed by atoms with E-state index >= 15 is 0 Å². The number of hydrogen-bond acceptors (Lipinski definition) is 4. The van der Waals surface area contributed by atoms with Gasteiger partial charge in [0.15, 0.2) is 0 Å². The van der Waals surface area contributed by atoms with E-state index in [4.69, 9.17) is 5.73 Å². The second-order valence-corrected chi connectivity index (χ2v) is 5.64. The van der Waals surface area contributed by atoms with Crippen LogP contribution in [-0.2, 0) is 4.79 Å². The summed E-state index contributed by atoms with van der Waals surface area (Å²) in [5.41, 5.74) is 5.58. The van der Waals surface area contributed by atoms with Gasteiger partial charge in [-0.1, -0.05) is 13.8 Å². The molecule has 4 N–H and O–H groups in total. The Hall–Kier alpha value is -0.650. The average molecular weight is 257 g/mol. The Labute approximate surface area is 110 Å². The Morgan fingerprint density at radius 1 is 1.44 bits per heavy atom. The van der Waals surface area contributed by atoms with Crippen LogP contribution in [0.15, 0.2) is 0 Å². The van der Waals surface area contributed by atoms with Gasteiger partial charge in [0.25, 0.3) is 0 Å². The van der Waals surface area contributed by atoms with Crippen molar-refractivity contribution in [2.45, 2.75) is 39.3 Å². The Balaban J connectivity index is 2.58. The second-order valence-electron chi connectivity index (χ2n) is 5.64. The van der Waals surface area contributed by atoms with Crippen molar-refractivity contribution < 1.29 is 9.90 Å². The minimum Gasteiger partial charge on any atom is -0.393 e. The fourth-order valence-electron chi connectivity index (χ4n) is 2.42. The molecule has 1 rings (SSSR count). The first-order chi connectivity index (χ1) is 8.43. The molecular weight excluding hydrogens is 230 g/mol. The number of nitrogens with two attached hydrogens (primary N) is 1. The number of nitrogens with zero attached hydrogens (tertiary/aromatic N) is 1. The van der Waals surface area contributed by atoms with Crippen LogP contribution in [-0.4, -0.2) is 54.2 Å². The quantitative estimate of drug-likeness (QED) is 0.637. The summed E-state index contributed by atoms with van der Waals surface area (Å²) in [6, 6.07) is 0.125. The maximum absolute atomic E-state index is 11.7. The van der Waals surface area contributed by atoms with Gasteiger partial charge in [-0.05, 0) is 19.3 Å². The topological polar surface area (TPSA) is 78.6 Å². The van der Waals surface area contributed by atoms with Gasteiger partial charge in [0, 0.05) is 38.1 Å². The van der Waals surface area contributed by atoms with E-state index in [0.29, 0.717) is 6.54 Å². The molecule has 5 heteroatoms. The van der Waals surface area contributed by atoms with E-state index in [-0.39, 0.29) is 29.9 Å². The second kappa shape index (κ2) is 7.07. The lowest BCUT2D eigenvalue weighted by Gasteiger charge is -2.39. The number of carbonyl (C=O) groups excluding carboxylic acids is 1. The van der Waals surface area contributed by atoms with Crippen LogP contribution in [0.4, 0.5) is 0 Å². The van der Waals surface area contributed by atoms with Crippen LogP contribution in [0.1, 0.15) is 27.2 Å². The van der Waals surface area contributed by atoms with Crippen LogP contribution in [0, 0.1) is 11.8 Å². The summed E-state index contributed by atoms with van der Waals surface area (Å²) in [6.07, 6.45) is 0.501.